The van der Waals surface area contributed by atoms with Crippen molar-refractivity contribution in [2.75, 3.05) is 13.1 Å². The van der Waals surface area contributed by atoms with Crippen molar-refractivity contribution in [3.8, 4) is 5.69 Å². The maximum absolute atomic E-state index is 13.2. The number of rotatable bonds is 4. The Labute approximate surface area is 188 Å². The standard InChI is InChI=1S/C26H28N4O2/c31-25(28-23-10-3-7-19-6-1-2-9-22(19)23)20-12-16-29(17-13-20)26(32)24-11-5-15-30(24)21-8-4-14-27-18-21/h1-2,4-6,8-9,11,14-15,18,20,23H,3,7,10,12-13,16-17H2,(H,28,31). The highest BCUT2D eigenvalue weighted by Crippen LogP contribution is 2.30. The van der Waals surface area contributed by atoms with E-state index in [4.69, 9.17) is 0 Å². The molecule has 1 saturated heterocycles. The summed E-state index contributed by atoms with van der Waals surface area (Å²) in [6.45, 7) is 1.19. The SMILES string of the molecule is O=C(NC1CCCc2ccccc21)C1CCN(C(=O)c2cccn2-c2cccnc2)CC1. The van der Waals surface area contributed by atoms with Gasteiger partial charge in [-0.05, 0) is 67.5 Å². The van der Waals surface area contributed by atoms with E-state index in [1.165, 1.54) is 11.1 Å². The van der Waals surface area contributed by atoms with Crippen molar-refractivity contribution in [1.29, 1.82) is 0 Å². The third-order valence-electron chi connectivity index (χ3n) is 6.73. The maximum atomic E-state index is 13.2. The Balaban J connectivity index is 1.20. The van der Waals surface area contributed by atoms with Crippen LogP contribution >= 0.6 is 0 Å². The zero-order valence-electron chi connectivity index (χ0n) is 18.1. The van der Waals surface area contributed by atoms with Crippen LogP contribution in [0.3, 0.4) is 0 Å². The van der Waals surface area contributed by atoms with Crippen molar-refractivity contribution < 1.29 is 9.59 Å². The van der Waals surface area contributed by atoms with Gasteiger partial charge >= 0.3 is 0 Å². The van der Waals surface area contributed by atoms with Gasteiger partial charge in [0.2, 0.25) is 5.91 Å². The minimum absolute atomic E-state index is 0.00100. The zero-order valence-corrected chi connectivity index (χ0v) is 18.1. The van der Waals surface area contributed by atoms with E-state index in [1.807, 2.05) is 39.9 Å². The number of nitrogens with one attached hydrogen (secondary N) is 1. The predicted molar refractivity (Wildman–Crippen MR) is 122 cm³/mol. The molecule has 164 valence electrons. The Morgan fingerprint density at radius 2 is 1.81 bits per heavy atom. The lowest BCUT2D eigenvalue weighted by atomic mass is 9.87. The highest BCUT2D eigenvalue weighted by Gasteiger charge is 2.31. The second-order valence-electron chi connectivity index (χ2n) is 8.69. The van der Waals surface area contributed by atoms with Crippen molar-refractivity contribution in [1.82, 2.24) is 19.8 Å². The minimum Gasteiger partial charge on any atom is -0.349 e. The van der Waals surface area contributed by atoms with Gasteiger partial charge in [0.1, 0.15) is 5.69 Å². The Hall–Kier alpha value is -3.41. The van der Waals surface area contributed by atoms with Gasteiger partial charge in [-0.25, -0.2) is 0 Å². The van der Waals surface area contributed by atoms with E-state index in [2.05, 4.69) is 34.6 Å². The van der Waals surface area contributed by atoms with Gasteiger partial charge in [0.15, 0.2) is 0 Å². The Morgan fingerprint density at radius 1 is 0.969 bits per heavy atom. The van der Waals surface area contributed by atoms with E-state index in [9.17, 15) is 9.59 Å². The smallest absolute Gasteiger partial charge is 0.270 e. The largest absolute Gasteiger partial charge is 0.349 e. The quantitative estimate of drug-likeness (QED) is 0.685. The number of hydrogen-bond donors (Lipinski definition) is 1. The molecule has 1 N–H and O–H groups in total. The second kappa shape index (κ2) is 8.99. The molecule has 6 heteroatoms. The average Bonchev–Trinajstić information content (AvgIpc) is 3.34. The number of nitrogens with zero attached hydrogens (tertiary/aromatic N) is 3. The first-order valence-corrected chi connectivity index (χ1v) is 11.5. The van der Waals surface area contributed by atoms with Crippen molar-refractivity contribution in [2.45, 2.75) is 38.1 Å². The molecule has 3 aromatic rings. The van der Waals surface area contributed by atoms with Gasteiger partial charge in [0, 0.05) is 31.4 Å². The lowest BCUT2D eigenvalue weighted by Crippen LogP contribution is -2.44. The summed E-state index contributed by atoms with van der Waals surface area (Å²) < 4.78 is 1.87. The number of aromatic nitrogens is 2. The highest BCUT2D eigenvalue weighted by atomic mass is 16.2. The molecule has 1 aliphatic heterocycles. The van der Waals surface area contributed by atoms with Crippen molar-refractivity contribution >= 4 is 11.8 Å². The number of pyridine rings is 1. The zero-order chi connectivity index (χ0) is 21.9. The summed E-state index contributed by atoms with van der Waals surface area (Å²) in [5.74, 6) is 0.0784. The first kappa shape index (κ1) is 20.5. The molecule has 32 heavy (non-hydrogen) atoms. The lowest BCUT2D eigenvalue weighted by molar-refractivity contribution is -0.127. The Bertz CT molecular complexity index is 1100. The van der Waals surface area contributed by atoms with Gasteiger partial charge in [0.05, 0.1) is 17.9 Å². The second-order valence-corrected chi connectivity index (χ2v) is 8.69. The molecule has 5 rings (SSSR count). The number of hydrogen-bond acceptors (Lipinski definition) is 3. The van der Waals surface area contributed by atoms with Crippen molar-refractivity contribution in [3.05, 3.63) is 83.9 Å². The van der Waals surface area contributed by atoms with E-state index >= 15 is 0 Å². The fourth-order valence-corrected chi connectivity index (χ4v) is 4.98. The molecule has 1 unspecified atom stereocenters. The van der Waals surface area contributed by atoms with Gasteiger partial charge in [-0.2, -0.15) is 0 Å². The predicted octanol–water partition coefficient (Wildman–Crippen LogP) is 3.92. The summed E-state index contributed by atoms with van der Waals surface area (Å²) in [6.07, 6.45) is 9.92. The van der Waals surface area contributed by atoms with Gasteiger partial charge < -0.3 is 14.8 Å². The van der Waals surface area contributed by atoms with Crippen LogP contribution in [0.4, 0.5) is 0 Å². The Morgan fingerprint density at radius 3 is 2.62 bits per heavy atom. The molecule has 2 amide bonds. The third kappa shape index (κ3) is 4.05. The molecule has 3 heterocycles. The molecule has 1 fully saturated rings. The summed E-state index contributed by atoms with van der Waals surface area (Å²) in [4.78, 5) is 32.2. The molecule has 6 nitrogen and oxygen atoms in total. The van der Waals surface area contributed by atoms with Crippen LogP contribution in [0.5, 0.6) is 0 Å². The number of aryl methyl sites for hydroxylation is 1. The van der Waals surface area contributed by atoms with Gasteiger partial charge in [-0.15, -0.1) is 0 Å². The third-order valence-corrected chi connectivity index (χ3v) is 6.73. The van der Waals surface area contributed by atoms with E-state index in [0.29, 0.717) is 31.6 Å². The van der Waals surface area contributed by atoms with E-state index in [0.717, 1.165) is 24.9 Å². The number of carbonyl (C=O) groups excluding carboxylic acids is 2. The first-order valence-electron chi connectivity index (χ1n) is 11.5. The number of amides is 2. The summed E-state index contributed by atoms with van der Waals surface area (Å²) in [5, 5.41) is 3.29. The number of carbonyl (C=O) groups is 2. The molecule has 0 radical (unpaired) electrons. The monoisotopic (exact) mass is 428 g/mol. The van der Waals surface area contributed by atoms with Crippen LogP contribution in [-0.2, 0) is 11.2 Å². The first-order chi connectivity index (χ1) is 15.7. The fraction of sp³-hybridized carbons (Fsp3) is 0.346. The summed E-state index contributed by atoms with van der Waals surface area (Å²) in [7, 11) is 0. The van der Waals surface area contributed by atoms with Crippen molar-refractivity contribution in [3.63, 3.8) is 0 Å². The normalized spacial score (nSPS) is 18.8. The molecule has 0 saturated carbocycles. The van der Waals surface area contributed by atoms with Gasteiger partial charge in [-0.3, -0.25) is 14.6 Å². The van der Waals surface area contributed by atoms with Gasteiger partial charge in [-0.1, -0.05) is 24.3 Å². The molecule has 1 aromatic carbocycles. The summed E-state index contributed by atoms with van der Waals surface area (Å²) >= 11 is 0. The highest BCUT2D eigenvalue weighted by molar-refractivity contribution is 5.93. The molecular weight excluding hydrogens is 400 g/mol. The average molecular weight is 429 g/mol. The van der Waals surface area contributed by atoms with Crippen LogP contribution in [0, 0.1) is 5.92 Å². The minimum atomic E-state index is -0.0433. The van der Waals surface area contributed by atoms with Crippen LogP contribution in [0.2, 0.25) is 0 Å². The molecule has 2 aliphatic rings. The summed E-state index contributed by atoms with van der Waals surface area (Å²) in [6, 6.07) is 16.0. The van der Waals surface area contributed by atoms with Crippen LogP contribution in [-0.4, -0.2) is 39.4 Å². The van der Waals surface area contributed by atoms with E-state index < -0.39 is 0 Å². The number of likely N-dealkylation sites (tertiary alicyclic amines) is 1. The van der Waals surface area contributed by atoms with Crippen LogP contribution in [0.15, 0.2) is 67.1 Å². The van der Waals surface area contributed by atoms with Crippen LogP contribution < -0.4 is 5.32 Å². The number of piperidine rings is 1. The molecule has 1 atom stereocenters. The number of benzene rings is 1. The molecule has 1 aliphatic carbocycles. The molecular formula is C26H28N4O2. The van der Waals surface area contributed by atoms with E-state index in [1.54, 1.807) is 12.4 Å². The van der Waals surface area contributed by atoms with Crippen LogP contribution in [0.25, 0.3) is 5.69 Å². The molecule has 0 spiro atoms. The van der Waals surface area contributed by atoms with Gasteiger partial charge in [0.25, 0.3) is 5.91 Å². The summed E-state index contributed by atoms with van der Waals surface area (Å²) in [5.41, 5.74) is 4.10. The maximum Gasteiger partial charge on any atom is 0.270 e. The van der Waals surface area contributed by atoms with Crippen molar-refractivity contribution in [2.24, 2.45) is 5.92 Å². The number of fused-ring (bicyclic) bond motifs is 1. The molecule has 2 aromatic heterocycles. The molecule has 0 bridgehead atoms. The van der Waals surface area contributed by atoms with E-state index in [-0.39, 0.29) is 23.8 Å². The van der Waals surface area contributed by atoms with Crippen LogP contribution in [0.1, 0.15) is 53.3 Å². The Kier molecular flexibility index (Phi) is 5.75. The lowest BCUT2D eigenvalue weighted by Gasteiger charge is -2.33. The topological polar surface area (TPSA) is 67.2 Å². The fourth-order valence-electron chi connectivity index (χ4n) is 4.98.